The minimum absolute atomic E-state index is 0.0660. The van der Waals surface area contributed by atoms with Gasteiger partial charge in [0.2, 0.25) is 5.91 Å². The largest absolute Gasteiger partial charge is 0.497 e. The van der Waals surface area contributed by atoms with Gasteiger partial charge in [-0.25, -0.2) is 0 Å². The molecule has 1 unspecified atom stereocenters. The van der Waals surface area contributed by atoms with E-state index >= 15 is 0 Å². The van der Waals surface area contributed by atoms with Crippen LogP contribution in [0.15, 0.2) is 83.8 Å². The molecule has 3 N–H and O–H groups in total. The Hall–Kier alpha value is -3.03. The molecule has 5 nitrogen and oxygen atoms in total. The van der Waals surface area contributed by atoms with E-state index in [1.807, 2.05) is 79.7 Å². The number of nitrogens with one attached hydrogen (secondary N) is 3. The third kappa shape index (κ3) is 6.50. The number of hydrogen-bond acceptors (Lipinski definition) is 4. The maximum Gasteiger partial charge on any atom is 0.237 e. The number of benzene rings is 3. The van der Waals surface area contributed by atoms with Crippen LogP contribution < -0.4 is 20.7 Å². The molecule has 3 rings (SSSR count). The van der Waals surface area contributed by atoms with Crippen molar-refractivity contribution in [2.75, 3.05) is 23.1 Å². The number of thioether (sulfide) groups is 1. The van der Waals surface area contributed by atoms with Crippen LogP contribution in [-0.4, -0.2) is 23.4 Å². The van der Waals surface area contributed by atoms with Crippen LogP contribution in [0.1, 0.15) is 6.92 Å². The van der Waals surface area contributed by atoms with Crippen LogP contribution >= 0.6 is 24.0 Å². The molecule has 3 aromatic rings. The van der Waals surface area contributed by atoms with E-state index in [-0.39, 0.29) is 11.2 Å². The molecule has 30 heavy (non-hydrogen) atoms. The van der Waals surface area contributed by atoms with Gasteiger partial charge in [-0.15, -0.1) is 11.8 Å². The average molecular weight is 438 g/mol. The summed E-state index contributed by atoms with van der Waals surface area (Å²) in [5.41, 5.74) is 2.52. The molecule has 0 fully saturated rings. The number of rotatable bonds is 7. The Morgan fingerprint density at radius 2 is 1.50 bits per heavy atom. The van der Waals surface area contributed by atoms with Crippen LogP contribution in [0, 0.1) is 0 Å². The average Bonchev–Trinajstić information content (AvgIpc) is 2.76. The number of thiocarbonyl (C=S) groups is 1. The fourth-order valence-electron chi connectivity index (χ4n) is 2.63. The molecule has 0 saturated carbocycles. The van der Waals surface area contributed by atoms with E-state index in [2.05, 4.69) is 16.0 Å². The summed E-state index contributed by atoms with van der Waals surface area (Å²) in [5, 5.41) is 9.48. The molecule has 0 aliphatic heterocycles. The number of para-hydroxylation sites is 1. The highest BCUT2D eigenvalue weighted by Crippen LogP contribution is 2.26. The van der Waals surface area contributed by atoms with Gasteiger partial charge in [-0.1, -0.05) is 24.3 Å². The lowest BCUT2D eigenvalue weighted by molar-refractivity contribution is -0.115. The molecule has 0 spiro atoms. The molecule has 0 aliphatic rings. The number of carbonyl (C=O) groups excluding carboxylic acids is 1. The van der Waals surface area contributed by atoms with Crippen LogP contribution in [0.25, 0.3) is 0 Å². The Kier molecular flexibility index (Phi) is 7.70. The summed E-state index contributed by atoms with van der Waals surface area (Å²) in [6, 6.07) is 24.9. The normalized spacial score (nSPS) is 11.3. The first kappa shape index (κ1) is 21.7. The summed E-state index contributed by atoms with van der Waals surface area (Å²) >= 11 is 6.84. The highest BCUT2D eigenvalue weighted by atomic mass is 32.2. The van der Waals surface area contributed by atoms with Crippen molar-refractivity contribution in [3.05, 3.63) is 78.9 Å². The highest BCUT2D eigenvalue weighted by molar-refractivity contribution is 8.00. The number of hydrogen-bond donors (Lipinski definition) is 3. The van der Waals surface area contributed by atoms with Gasteiger partial charge in [0, 0.05) is 28.0 Å². The van der Waals surface area contributed by atoms with Gasteiger partial charge in [0.1, 0.15) is 5.75 Å². The van der Waals surface area contributed by atoms with E-state index in [4.69, 9.17) is 17.0 Å². The van der Waals surface area contributed by atoms with Crippen molar-refractivity contribution in [1.82, 2.24) is 0 Å². The van der Waals surface area contributed by atoms with Gasteiger partial charge in [0.15, 0.2) is 5.11 Å². The van der Waals surface area contributed by atoms with Gasteiger partial charge in [-0.2, -0.15) is 0 Å². The number of carbonyl (C=O) groups is 1. The van der Waals surface area contributed by atoms with Crippen molar-refractivity contribution in [2.45, 2.75) is 17.1 Å². The summed E-state index contributed by atoms with van der Waals surface area (Å²) < 4.78 is 5.19. The molecule has 3 aromatic carbocycles. The molecule has 1 amide bonds. The molecule has 0 bridgehead atoms. The molecule has 0 heterocycles. The molecule has 0 radical (unpaired) electrons. The first-order valence-corrected chi connectivity index (χ1v) is 10.7. The maximum absolute atomic E-state index is 12.5. The Morgan fingerprint density at radius 3 is 2.17 bits per heavy atom. The van der Waals surface area contributed by atoms with Crippen molar-refractivity contribution >= 4 is 52.1 Å². The number of methoxy groups -OCH3 is 1. The van der Waals surface area contributed by atoms with E-state index in [9.17, 15) is 4.79 Å². The first-order valence-electron chi connectivity index (χ1n) is 9.38. The first-order chi connectivity index (χ1) is 14.5. The predicted molar refractivity (Wildman–Crippen MR) is 130 cm³/mol. The van der Waals surface area contributed by atoms with E-state index < -0.39 is 0 Å². The summed E-state index contributed by atoms with van der Waals surface area (Å²) in [7, 11) is 1.60. The van der Waals surface area contributed by atoms with Crippen molar-refractivity contribution < 1.29 is 9.53 Å². The van der Waals surface area contributed by atoms with E-state index in [1.165, 1.54) is 11.8 Å². The Morgan fingerprint density at radius 1 is 0.867 bits per heavy atom. The third-order valence-electron chi connectivity index (χ3n) is 4.16. The van der Waals surface area contributed by atoms with Crippen LogP contribution in [0.4, 0.5) is 17.1 Å². The molecule has 7 heteroatoms. The maximum atomic E-state index is 12.5. The minimum Gasteiger partial charge on any atom is -0.497 e. The molecule has 1 atom stereocenters. The molecular formula is C23H23N3O2S2. The quantitative estimate of drug-likeness (QED) is 0.329. The third-order valence-corrected chi connectivity index (χ3v) is 5.48. The van der Waals surface area contributed by atoms with Crippen molar-refractivity contribution in [3.63, 3.8) is 0 Å². The van der Waals surface area contributed by atoms with Gasteiger partial charge in [0.25, 0.3) is 0 Å². The fraction of sp³-hybridized carbons (Fsp3) is 0.130. The lowest BCUT2D eigenvalue weighted by Crippen LogP contribution is -2.22. The SMILES string of the molecule is COc1cccc(NC(=O)C(C)Sc2ccc(NC(=S)Nc3ccccc3)cc2)c1. The van der Waals surface area contributed by atoms with Crippen LogP contribution in [0.2, 0.25) is 0 Å². The standard InChI is InChI=1S/C23H23N3O2S2/c1-16(22(27)24-19-9-6-10-20(15-19)28-2)30-21-13-11-18(12-14-21)26-23(29)25-17-7-4-3-5-8-17/h3-16H,1-2H3,(H,24,27)(H2,25,26,29). The van der Waals surface area contributed by atoms with Gasteiger partial charge < -0.3 is 20.7 Å². The number of anilines is 3. The van der Waals surface area contributed by atoms with Gasteiger partial charge in [0.05, 0.1) is 12.4 Å². The second kappa shape index (κ2) is 10.7. The van der Waals surface area contributed by atoms with Crippen LogP contribution in [-0.2, 0) is 4.79 Å². The van der Waals surface area contributed by atoms with Crippen molar-refractivity contribution in [3.8, 4) is 5.75 Å². The molecule has 154 valence electrons. The number of amides is 1. The van der Waals surface area contributed by atoms with E-state index in [1.54, 1.807) is 13.2 Å². The summed E-state index contributed by atoms with van der Waals surface area (Å²) in [6.07, 6.45) is 0. The van der Waals surface area contributed by atoms with Crippen molar-refractivity contribution in [2.24, 2.45) is 0 Å². The van der Waals surface area contributed by atoms with Gasteiger partial charge in [-0.3, -0.25) is 4.79 Å². The summed E-state index contributed by atoms with van der Waals surface area (Å²) in [5.74, 6) is 0.638. The second-order valence-corrected chi connectivity index (χ2v) is 8.27. The zero-order chi connectivity index (χ0) is 21.3. The lowest BCUT2D eigenvalue weighted by Gasteiger charge is -2.14. The summed E-state index contributed by atoms with van der Waals surface area (Å²) in [6.45, 7) is 1.88. The van der Waals surface area contributed by atoms with Gasteiger partial charge in [-0.05, 0) is 67.7 Å². The lowest BCUT2D eigenvalue weighted by atomic mass is 10.3. The zero-order valence-electron chi connectivity index (χ0n) is 16.7. The van der Waals surface area contributed by atoms with Gasteiger partial charge >= 0.3 is 0 Å². The Bertz CT molecular complexity index is 995. The zero-order valence-corrected chi connectivity index (χ0v) is 18.3. The molecule has 0 saturated heterocycles. The van der Waals surface area contributed by atoms with E-state index in [0.717, 1.165) is 16.3 Å². The molecular weight excluding hydrogens is 414 g/mol. The highest BCUT2D eigenvalue weighted by Gasteiger charge is 2.15. The summed E-state index contributed by atoms with van der Waals surface area (Å²) in [4.78, 5) is 13.5. The predicted octanol–water partition coefficient (Wildman–Crippen LogP) is 5.62. The topological polar surface area (TPSA) is 62.4 Å². The fourth-order valence-corrected chi connectivity index (χ4v) is 3.74. The molecule has 0 aliphatic carbocycles. The second-order valence-electron chi connectivity index (χ2n) is 6.45. The van der Waals surface area contributed by atoms with E-state index in [0.29, 0.717) is 16.5 Å². The molecule has 0 aromatic heterocycles. The number of ether oxygens (including phenoxy) is 1. The Balaban J connectivity index is 1.51. The monoisotopic (exact) mass is 437 g/mol. The minimum atomic E-state index is -0.254. The smallest absolute Gasteiger partial charge is 0.237 e. The van der Waals surface area contributed by atoms with Crippen LogP contribution in [0.3, 0.4) is 0 Å². The van der Waals surface area contributed by atoms with Crippen molar-refractivity contribution in [1.29, 1.82) is 0 Å². The van der Waals surface area contributed by atoms with Crippen LogP contribution in [0.5, 0.6) is 5.75 Å². The Labute approximate surface area is 186 Å².